The third kappa shape index (κ3) is 10.9. The highest BCUT2D eigenvalue weighted by atomic mass is 16.4. The SMILES string of the molecule is CCCCCCCCCCCCCCCc1ccc(C=NO)c(O)c1. The predicted molar refractivity (Wildman–Crippen MR) is 107 cm³/mol. The smallest absolute Gasteiger partial charge is 0.124 e. The maximum absolute atomic E-state index is 9.82. The number of benzene rings is 1. The molecule has 0 heterocycles. The number of nitrogens with zero attached hydrogens (tertiary/aromatic N) is 1. The van der Waals surface area contributed by atoms with E-state index in [1.807, 2.05) is 6.07 Å². The lowest BCUT2D eigenvalue weighted by molar-refractivity contribution is 0.321. The standard InChI is InChI=1S/C22H37NO2/c1-2-3-4-5-6-7-8-9-10-11-12-13-14-15-20-16-17-21(19-23-25)22(24)18-20/h16-19,24-25H,2-15H2,1H3. The zero-order valence-electron chi connectivity index (χ0n) is 16.1. The monoisotopic (exact) mass is 347 g/mol. The number of hydrogen-bond donors (Lipinski definition) is 2. The molecule has 0 amide bonds. The van der Waals surface area contributed by atoms with E-state index < -0.39 is 0 Å². The molecular formula is C22H37NO2. The minimum atomic E-state index is 0.185. The number of hydrogen-bond acceptors (Lipinski definition) is 3. The number of oxime groups is 1. The molecule has 1 aromatic rings. The lowest BCUT2D eigenvalue weighted by Gasteiger charge is -2.05. The molecule has 0 radical (unpaired) electrons. The number of unbranched alkanes of at least 4 members (excludes halogenated alkanes) is 12. The highest BCUT2D eigenvalue weighted by Crippen LogP contribution is 2.19. The third-order valence-electron chi connectivity index (χ3n) is 4.86. The zero-order chi connectivity index (χ0) is 18.2. The van der Waals surface area contributed by atoms with Crippen molar-refractivity contribution in [2.45, 2.75) is 96.8 Å². The molecule has 0 bridgehead atoms. The average Bonchev–Trinajstić information content (AvgIpc) is 2.61. The van der Waals surface area contributed by atoms with Gasteiger partial charge in [0.1, 0.15) is 5.75 Å². The predicted octanol–water partition coefficient (Wildman–Crippen LogP) is 6.83. The maximum Gasteiger partial charge on any atom is 0.124 e. The fourth-order valence-electron chi connectivity index (χ4n) is 3.26. The van der Waals surface area contributed by atoms with Gasteiger partial charge in [0.05, 0.1) is 6.21 Å². The number of phenols is 1. The topological polar surface area (TPSA) is 52.8 Å². The van der Waals surface area contributed by atoms with E-state index in [2.05, 4.69) is 12.1 Å². The summed E-state index contributed by atoms with van der Waals surface area (Å²) in [6.45, 7) is 2.27. The van der Waals surface area contributed by atoms with Crippen LogP contribution in [-0.4, -0.2) is 16.5 Å². The van der Waals surface area contributed by atoms with Crippen molar-refractivity contribution in [1.29, 1.82) is 0 Å². The van der Waals surface area contributed by atoms with E-state index in [-0.39, 0.29) is 5.75 Å². The molecule has 0 aliphatic carbocycles. The fraction of sp³-hybridized carbons (Fsp3) is 0.682. The van der Waals surface area contributed by atoms with E-state index in [1.54, 1.807) is 12.1 Å². The van der Waals surface area contributed by atoms with Crippen molar-refractivity contribution in [3.63, 3.8) is 0 Å². The van der Waals surface area contributed by atoms with Crippen LogP contribution in [0, 0.1) is 0 Å². The van der Waals surface area contributed by atoms with Crippen molar-refractivity contribution in [3.8, 4) is 5.75 Å². The summed E-state index contributed by atoms with van der Waals surface area (Å²) < 4.78 is 0. The number of aryl methyl sites for hydroxylation is 1. The van der Waals surface area contributed by atoms with E-state index in [1.165, 1.54) is 89.7 Å². The van der Waals surface area contributed by atoms with Gasteiger partial charge in [-0.25, -0.2) is 0 Å². The lowest BCUT2D eigenvalue weighted by Crippen LogP contribution is -1.89. The second-order valence-electron chi connectivity index (χ2n) is 7.13. The first-order valence-electron chi connectivity index (χ1n) is 10.3. The second kappa shape index (κ2) is 14.8. The van der Waals surface area contributed by atoms with Gasteiger partial charge in [-0.05, 0) is 30.5 Å². The molecule has 142 valence electrons. The van der Waals surface area contributed by atoms with Crippen molar-refractivity contribution in [2.75, 3.05) is 0 Å². The Hall–Kier alpha value is -1.51. The number of phenolic OH excluding ortho intramolecular Hbond substituents is 1. The van der Waals surface area contributed by atoms with Crippen molar-refractivity contribution in [2.24, 2.45) is 5.16 Å². The first-order chi connectivity index (χ1) is 12.3. The van der Waals surface area contributed by atoms with Crippen LogP contribution in [0.5, 0.6) is 5.75 Å². The minimum absolute atomic E-state index is 0.185. The zero-order valence-corrected chi connectivity index (χ0v) is 16.1. The van der Waals surface area contributed by atoms with Gasteiger partial charge >= 0.3 is 0 Å². The summed E-state index contributed by atoms with van der Waals surface area (Å²) in [5, 5.41) is 21.3. The normalized spacial score (nSPS) is 11.4. The van der Waals surface area contributed by atoms with Crippen LogP contribution < -0.4 is 0 Å². The van der Waals surface area contributed by atoms with Crippen LogP contribution in [0.25, 0.3) is 0 Å². The van der Waals surface area contributed by atoms with Crippen LogP contribution in [-0.2, 0) is 6.42 Å². The van der Waals surface area contributed by atoms with Gasteiger partial charge in [0.15, 0.2) is 0 Å². The molecular weight excluding hydrogens is 310 g/mol. The highest BCUT2D eigenvalue weighted by Gasteiger charge is 2.01. The van der Waals surface area contributed by atoms with Gasteiger partial charge in [0.2, 0.25) is 0 Å². The molecule has 0 aromatic heterocycles. The summed E-state index contributed by atoms with van der Waals surface area (Å²) >= 11 is 0. The van der Waals surface area contributed by atoms with Crippen molar-refractivity contribution < 1.29 is 10.3 Å². The molecule has 0 spiro atoms. The Balaban J connectivity index is 1.94. The van der Waals surface area contributed by atoms with E-state index in [0.717, 1.165) is 12.0 Å². The summed E-state index contributed by atoms with van der Waals surface area (Å²) in [5.74, 6) is 0.185. The maximum atomic E-state index is 9.82. The number of rotatable bonds is 15. The lowest BCUT2D eigenvalue weighted by atomic mass is 10.0. The Kier molecular flexibility index (Phi) is 12.7. The molecule has 3 nitrogen and oxygen atoms in total. The molecule has 2 N–H and O–H groups in total. The molecule has 0 atom stereocenters. The first-order valence-corrected chi connectivity index (χ1v) is 10.3. The Morgan fingerprint density at radius 1 is 0.800 bits per heavy atom. The van der Waals surface area contributed by atoms with E-state index in [9.17, 15) is 5.11 Å². The summed E-state index contributed by atoms with van der Waals surface area (Å²) in [6, 6.07) is 5.57. The first kappa shape index (κ1) is 21.5. The average molecular weight is 348 g/mol. The van der Waals surface area contributed by atoms with E-state index >= 15 is 0 Å². The molecule has 0 saturated carbocycles. The molecule has 1 rings (SSSR count). The quantitative estimate of drug-likeness (QED) is 0.158. The molecule has 0 aliphatic rings. The van der Waals surface area contributed by atoms with Gasteiger partial charge < -0.3 is 10.3 Å². The molecule has 1 aromatic carbocycles. The van der Waals surface area contributed by atoms with Gasteiger partial charge in [-0.3, -0.25) is 0 Å². The van der Waals surface area contributed by atoms with Crippen LogP contribution in [0.2, 0.25) is 0 Å². The Morgan fingerprint density at radius 3 is 1.80 bits per heavy atom. The van der Waals surface area contributed by atoms with Crippen LogP contribution in [0.3, 0.4) is 0 Å². The summed E-state index contributed by atoms with van der Waals surface area (Å²) in [4.78, 5) is 0. The van der Waals surface area contributed by atoms with Gasteiger partial charge in [0, 0.05) is 5.56 Å². The molecule has 0 saturated heterocycles. The Morgan fingerprint density at radius 2 is 1.32 bits per heavy atom. The number of aromatic hydroxyl groups is 1. The van der Waals surface area contributed by atoms with Crippen molar-refractivity contribution in [1.82, 2.24) is 0 Å². The van der Waals surface area contributed by atoms with Crippen LogP contribution >= 0.6 is 0 Å². The molecule has 25 heavy (non-hydrogen) atoms. The van der Waals surface area contributed by atoms with Crippen LogP contribution in [0.15, 0.2) is 23.4 Å². The summed E-state index contributed by atoms with van der Waals surface area (Å²) in [5.41, 5.74) is 1.70. The summed E-state index contributed by atoms with van der Waals surface area (Å²) in [7, 11) is 0. The highest BCUT2D eigenvalue weighted by molar-refractivity contribution is 5.82. The van der Waals surface area contributed by atoms with Crippen molar-refractivity contribution >= 4 is 6.21 Å². The summed E-state index contributed by atoms with van der Waals surface area (Å²) in [6.07, 6.45) is 20.0. The fourth-order valence-corrected chi connectivity index (χ4v) is 3.26. The van der Waals surface area contributed by atoms with Crippen LogP contribution in [0.4, 0.5) is 0 Å². The van der Waals surface area contributed by atoms with E-state index in [4.69, 9.17) is 5.21 Å². The molecule has 0 aliphatic heterocycles. The largest absolute Gasteiger partial charge is 0.507 e. The third-order valence-corrected chi connectivity index (χ3v) is 4.86. The minimum Gasteiger partial charge on any atom is -0.507 e. The molecule has 0 fully saturated rings. The van der Waals surface area contributed by atoms with Crippen molar-refractivity contribution in [3.05, 3.63) is 29.3 Å². The molecule has 3 heteroatoms. The van der Waals surface area contributed by atoms with Gasteiger partial charge in [-0.15, -0.1) is 0 Å². The molecule has 0 unspecified atom stereocenters. The van der Waals surface area contributed by atoms with E-state index in [0.29, 0.717) is 5.56 Å². The van der Waals surface area contributed by atoms with Gasteiger partial charge in [-0.2, -0.15) is 0 Å². The Bertz CT molecular complexity index is 471. The van der Waals surface area contributed by atoms with Gasteiger partial charge in [0.25, 0.3) is 0 Å². The second-order valence-corrected chi connectivity index (χ2v) is 7.13. The van der Waals surface area contributed by atoms with Gasteiger partial charge in [-0.1, -0.05) is 95.2 Å². The Labute approximate surface area is 154 Å². The van der Waals surface area contributed by atoms with Crippen LogP contribution in [0.1, 0.15) is 102 Å².